The lowest BCUT2D eigenvalue weighted by atomic mass is 10.1. The highest BCUT2D eigenvalue weighted by Gasteiger charge is 2.25. The third-order valence-electron chi connectivity index (χ3n) is 4.41. The Morgan fingerprint density at radius 2 is 2.00 bits per heavy atom. The number of hydrogen-bond acceptors (Lipinski definition) is 3. The van der Waals surface area contributed by atoms with E-state index in [2.05, 4.69) is 5.32 Å². The number of benzene rings is 2. The molecule has 1 aliphatic heterocycles. The van der Waals surface area contributed by atoms with Crippen molar-refractivity contribution in [3.63, 3.8) is 0 Å². The summed E-state index contributed by atoms with van der Waals surface area (Å²) in [6, 6.07) is 16.5. The zero-order valence-corrected chi connectivity index (χ0v) is 14.3. The molecule has 2 aromatic carbocycles. The summed E-state index contributed by atoms with van der Waals surface area (Å²) in [5.74, 6) is 0.606. The van der Waals surface area contributed by atoms with E-state index in [1.54, 1.807) is 31.4 Å². The molecule has 25 heavy (non-hydrogen) atoms. The summed E-state index contributed by atoms with van der Waals surface area (Å²) < 4.78 is 5.18. The highest BCUT2D eigenvalue weighted by atomic mass is 16.5. The number of amides is 2. The lowest BCUT2D eigenvalue weighted by Crippen LogP contribution is -2.38. The smallest absolute Gasteiger partial charge is 0.251 e. The van der Waals surface area contributed by atoms with Crippen molar-refractivity contribution < 1.29 is 14.3 Å². The van der Waals surface area contributed by atoms with E-state index in [0.717, 1.165) is 18.5 Å². The fourth-order valence-electron chi connectivity index (χ4n) is 3.04. The molecule has 5 nitrogen and oxygen atoms in total. The van der Waals surface area contributed by atoms with E-state index < -0.39 is 0 Å². The molecular formula is C20H22N2O3. The lowest BCUT2D eigenvalue weighted by molar-refractivity contribution is -0.128. The van der Waals surface area contributed by atoms with Gasteiger partial charge >= 0.3 is 0 Å². The van der Waals surface area contributed by atoms with Crippen LogP contribution in [0.15, 0.2) is 54.6 Å². The third kappa shape index (κ3) is 4.18. The van der Waals surface area contributed by atoms with Crippen LogP contribution in [0.5, 0.6) is 5.75 Å². The maximum absolute atomic E-state index is 12.7. The summed E-state index contributed by atoms with van der Waals surface area (Å²) >= 11 is 0. The molecule has 0 aromatic heterocycles. The van der Waals surface area contributed by atoms with E-state index in [9.17, 15) is 9.59 Å². The molecule has 1 N–H and O–H groups in total. The van der Waals surface area contributed by atoms with Gasteiger partial charge in [0.05, 0.1) is 13.2 Å². The molecule has 0 spiro atoms. The van der Waals surface area contributed by atoms with Crippen LogP contribution in [0.3, 0.4) is 0 Å². The Hall–Kier alpha value is -2.82. The SMILES string of the molecule is COc1cccc(C(=O)N[C@@H](CN2CCCC2=O)c2ccccc2)c1. The van der Waals surface area contributed by atoms with E-state index in [4.69, 9.17) is 4.74 Å². The summed E-state index contributed by atoms with van der Waals surface area (Å²) in [4.78, 5) is 26.5. The minimum atomic E-state index is -0.248. The van der Waals surface area contributed by atoms with Gasteiger partial charge in [0.25, 0.3) is 5.91 Å². The first-order valence-corrected chi connectivity index (χ1v) is 8.45. The van der Waals surface area contributed by atoms with Crippen LogP contribution in [0, 0.1) is 0 Å². The lowest BCUT2D eigenvalue weighted by Gasteiger charge is -2.25. The van der Waals surface area contributed by atoms with Crippen LogP contribution in [0.2, 0.25) is 0 Å². The van der Waals surface area contributed by atoms with Gasteiger partial charge in [0.15, 0.2) is 0 Å². The van der Waals surface area contributed by atoms with Crippen molar-refractivity contribution in [2.75, 3.05) is 20.2 Å². The van der Waals surface area contributed by atoms with Crippen LogP contribution in [0.25, 0.3) is 0 Å². The van der Waals surface area contributed by atoms with Gasteiger partial charge in [-0.05, 0) is 30.2 Å². The van der Waals surface area contributed by atoms with Gasteiger partial charge < -0.3 is 15.0 Å². The van der Waals surface area contributed by atoms with Crippen LogP contribution >= 0.6 is 0 Å². The molecule has 2 amide bonds. The Morgan fingerprint density at radius 3 is 2.68 bits per heavy atom. The number of nitrogens with one attached hydrogen (secondary N) is 1. The standard InChI is InChI=1S/C20H22N2O3/c1-25-17-10-5-9-16(13-17)20(24)21-18(15-7-3-2-4-8-15)14-22-12-6-11-19(22)23/h2-5,7-10,13,18H,6,11-12,14H2,1H3,(H,21,24)/t18-/m0/s1. The van der Waals surface area contributed by atoms with Crippen molar-refractivity contribution in [1.29, 1.82) is 0 Å². The summed E-state index contributed by atoms with van der Waals surface area (Å²) in [6.45, 7) is 1.23. The number of rotatable bonds is 6. The fourth-order valence-corrected chi connectivity index (χ4v) is 3.04. The second-order valence-corrected chi connectivity index (χ2v) is 6.11. The number of hydrogen-bond donors (Lipinski definition) is 1. The number of methoxy groups -OCH3 is 1. The molecule has 1 saturated heterocycles. The molecular weight excluding hydrogens is 316 g/mol. The van der Waals surface area contributed by atoms with Crippen LogP contribution in [-0.2, 0) is 4.79 Å². The average Bonchev–Trinajstić information content (AvgIpc) is 3.06. The monoisotopic (exact) mass is 338 g/mol. The Bertz CT molecular complexity index is 746. The maximum atomic E-state index is 12.7. The van der Waals surface area contributed by atoms with Gasteiger partial charge in [0.1, 0.15) is 5.75 Å². The molecule has 1 heterocycles. The molecule has 1 atom stereocenters. The van der Waals surface area contributed by atoms with Gasteiger partial charge in [0.2, 0.25) is 5.91 Å². The number of ether oxygens (including phenoxy) is 1. The normalized spacial score (nSPS) is 15.1. The Balaban J connectivity index is 1.79. The first-order valence-electron chi connectivity index (χ1n) is 8.45. The average molecular weight is 338 g/mol. The van der Waals surface area contributed by atoms with Gasteiger partial charge in [-0.1, -0.05) is 36.4 Å². The molecule has 0 radical (unpaired) electrons. The molecule has 0 unspecified atom stereocenters. The Labute approximate surface area is 147 Å². The predicted molar refractivity (Wildman–Crippen MR) is 95.5 cm³/mol. The predicted octanol–water partition coefficient (Wildman–Crippen LogP) is 2.79. The van der Waals surface area contributed by atoms with Crippen LogP contribution in [0.4, 0.5) is 0 Å². The van der Waals surface area contributed by atoms with Crippen LogP contribution < -0.4 is 10.1 Å². The van der Waals surface area contributed by atoms with Crippen molar-refractivity contribution >= 4 is 11.8 Å². The second-order valence-electron chi connectivity index (χ2n) is 6.11. The van der Waals surface area contributed by atoms with Crippen molar-refractivity contribution in [1.82, 2.24) is 10.2 Å². The molecule has 130 valence electrons. The topological polar surface area (TPSA) is 58.6 Å². The largest absolute Gasteiger partial charge is 0.497 e. The highest BCUT2D eigenvalue weighted by molar-refractivity contribution is 5.94. The highest BCUT2D eigenvalue weighted by Crippen LogP contribution is 2.20. The van der Waals surface area contributed by atoms with Gasteiger partial charge in [-0.3, -0.25) is 9.59 Å². The van der Waals surface area contributed by atoms with E-state index in [1.807, 2.05) is 35.2 Å². The first-order chi connectivity index (χ1) is 12.2. The fraction of sp³-hybridized carbons (Fsp3) is 0.300. The van der Waals surface area contributed by atoms with Crippen LogP contribution in [0.1, 0.15) is 34.8 Å². The second kappa shape index (κ2) is 7.83. The molecule has 1 fully saturated rings. The minimum absolute atomic E-state index is 0.150. The zero-order chi connectivity index (χ0) is 17.6. The molecule has 0 bridgehead atoms. The zero-order valence-electron chi connectivity index (χ0n) is 14.3. The summed E-state index contributed by atoms with van der Waals surface area (Å²) in [6.07, 6.45) is 1.47. The van der Waals surface area contributed by atoms with E-state index in [1.165, 1.54) is 0 Å². The number of nitrogens with zero attached hydrogens (tertiary/aromatic N) is 1. The Kier molecular flexibility index (Phi) is 5.33. The van der Waals surface area contributed by atoms with E-state index in [0.29, 0.717) is 24.3 Å². The van der Waals surface area contributed by atoms with Gasteiger partial charge in [-0.15, -0.1) is 0 Å². The Morgan fingerprint density at radius 1 is 1.20 bits per heavy atom. The van der Waals surface area contributed by atoms with Gasteiger partial charge in [-0.25, -0.2) is 0 Å². The summed E-state index contributed by atoms with van der Waals surface area (Å²) in [5, 5.41) is 3.06. The van der Waals surface area contributed by atoms with Crippen molar-refractivity contribution in [2.24, 2.45) is 0 Å². The van der Waals surface area contributed by atoms with Crippen molar-refractivity contribution in [2.45, 2.75) is 18.9 Å². The molecule has 5 heteroatoms. The van der Waals surface area contributed by atoms with E-state index >= 15 is 0 Å². The summed E-state index contributed by atoms with van der Waals surface area (Å²) in [5.41, 5.74) is 1.52. The molecule has 0 saturated carbocycles. The van der Waals surface area contributed by atoms with Crippen molar-refractivity contribution in [3.05, 3.63) is 65.7 Å². The van der Waals surface area contributed by atoms with Gasteiger partial charge in [0, 0.05) is 25.1 Å². The summed E-state index contributed by atoms with van der Waals surface area (Å²) in [7, 11) is 1.57. The number of carbonyl (C=O) groups excluding carboxylic acids is 2. The first kappa shape index (κ1) is 17.0. The quantitative estimate of drug-likeness (QED) is 0.881. The molecule has 0 aliphatic carbocycles. The number of carbonyl (C=O) groups is 2. The van der Waals surface area contributed by atoms with Gasteiger partial charge in [-0.2, -0.15) is 0 Å². The van der Waals surface area contributed by atoms with E-state index in [-0.39, 0.29) is 17.9 Å². The van der Waals surface area contributed by atoms with Crippen LogP contribution in [-0.4, -0.2) is 36.9 Å². The third-order valence-corrected chi connectivity index (χ3v) is 4.41. The molecule has 1 aliphatic rings. The number of likely N-dealkylation sites (tertiary alicyclic amines) is 1. The minimum Gasteiger partial charge on any atom is -0.497 e. The molecule has 2 aromatic rings. The molecule has 3 rings (SSSR count). The van der Waals surface area contributed by atoms with Crippen molar-refractivity contribution in [3.8, 4) is 5.75 Å². The maximum Gasteiger partial charge on any atom is 0.251 e.